The smallest absolute Gasteiger partial charge is 0.225 e. The first-order chi connectivity index (χ1) is 13.1. The molecule has 2 heterocycles. The zero-order chi connectivity index (χ0) is 19.0. The van der Waals surface area contributed by atoms with E-state index in [4.69, 9.17) is 4.74 Å². The molecule has 2 aromatic heterocycles. The monoisotopic (exact) mass is 407 g/mol. The van der Waals surface area contributed by atoms with Gasteiger partial charge in [-0.15, -0.1) is 11.3 Å². The Morgan fingerprint density at radius 3 is 2.70 bits per heavy atom. The van der Waals surface area contributed by atoms with Gasteiger partial charge in [0.2, 0.25) is 5.88 Å². The van der Waals surface area contributed by atoms with Gasteiger partial charge >= 0.3 is 0 Å². The normalized spacial score (nSPS) is 26.5. The maximum Gasteiger partial charge on any atom is 0.225 e. The van der Waals surface area contributed by atoms with E-state index in [1.165, 1.54) is 23.3 Å². The van der Waals surface area contributed by atoms with E-state index in [1.807, 2.05) is 6.92 Å². The first-order valence-electron chi connectivity index (χ1n) is 10.0. The number of hydrogen-bond acceptors (Lipinski definition) is 6. The number of nitrogens with zero attached hydrogens (tertiary/aromatic N) is 3. The fourth-order valence-corrected chi connectivity index (χ4v) is 6.72. The summed E-state index contributed by atoms with van der Waals surface area (Å²) in [6, 6.07) is 0.661. The largest absolute Gasteiger partial charge is 0.616 e. The van der Waals surface area contributed by atoms with Gasteiger partial charge < -0.3 is 14.2 Å². The molecule has 0 radical (unpaired) electrons. The van der Waals surface area contributed by atoms with Gasteiger partial charge in [0.25, 0.3) is 0 Å². The van der Waals surface area contributed by atoms with Crippen molar-refractivity contribution < 1.29 is 9.29 Å². The summed E-state index contributed by atoms with van der Waals surface area (Å²) < 4.78 is 18.6. The number of ether oxygens (including phenoxy) is 1. The van der Waals surface area contributed by atoms with Crippen LogP contribution in [0, 0.1) is 0 Å². The molecule has 2 aliphatic carbocycles. The predicted molar refractivity (Wildman–Crippen MR) is 112 cm³/mol. The van der Waals surface area contributed by atoms with Crippen molar-refractivity contribution in [1.29, 1.82) is 0 Å². The molecule has 0 amide bonds. The van der Waals surface area contributed by atoms with Crippen LogP contribution < -0.4 is 4.74 Å². The van der Waals surface area contributed by atoms with E-state index in [1.54, 1.807) is 17.7 Å². The van der Waals surface area contributed by atoms with Gasteiger partial charge in [0.05, 0.1) is 5.39 Å². The molecule has 27 heavy (non-hydrogen) atoms. The Morgan fingerprint density at radius 2 is 2.00 bits per heavy atom. The third-order valence-electron chi connectivity index (χ3n) is 6.06. The van der Waals surface area contributed by atoms with Crippen molar-refractivity contribution in [3.05, 3.63) is 16.8 Å². The number of fused-ring (bicyclic) bond motifs is 3. The van der Waals surface area contributed by atoms with E-state index in [9.17, 15) is 4.55 Å². The van der Waals surface area contributed by atoms with E-state index in [0.29, 0.717) is 12.0 Å². The van der Waals surface area contributed by atoms with Gasteiger partial charge in [-0.3, -0.25) is 0 Å². The molecule has 0 bridgehead atoms. The topological polar surface area (TPSA) is 61.3 Å². The number of aromatic nitrogens is 2. The van der Waals surface area contributed by atoms with Gasteiger partial charge in [-0.2, -0.15) is 0 Å². The van der Waals surface area contributed by atoms with E-state index in [2.05, 4.69) is 29.0 Å². The second kappa shape index (κ2) is 8.23. The van der Waals surface area contributed by atoms with Crippen molar-refractivity contribution in [3.63, 3.8) is 0 Å². The van der Waals surface area contributed by atoms with Crippen LogP contribution in [0.3, 0.4) is 0 Å². The second-order valence-corrected chi connectivity index (χ2v) is 10.8. The minimum atomic E-state index is -0.754. The van der Waals surface area contributed by atoms with Gasteiger partial charge in [0, 0.05) is 16.8 Å². The van der Waals surface area contributed by atoms with E-state index >= 15 is 0 Å². The molecule has 2 atom stereocenters. The van der Waals surface area contributed by atoms with Crippen LogP contribution in [0.25, 0.3) is 10.2 Å². The summed E-state index contributed by atoms with van der Waals surface area (Å²) in [7, 11) is 4.32. The standard InChI is InChI=1S/C20H29N3O2S2/c1-4-27(24)11-13-5-10-16-17(13)18-19(21-12-22-20(18)26-16)25-15-8-6-14(7-9-15)23(2)3/h12-15H,4-11H2,1-3H3/t13-,14-,15-,27?/m0/s1. The minimum absolute atomic E-state index is 0.236. The molecule has 0 aliphatic heterocycles. The molecule has 0 aromatic carbocycles. The summed E-state index contributed by atoms with van der Waals surface area (Å²) in [5, 5.41) is 1.10. The summed E-state index contributed by atoms with van der Waals surface area (Å²) in [6.07, 6.45) is 8.51. The van der Waals surface area contributed by atoms with Crippen LogP contribution in [0.1, 0.15) is 55.4 Å². The second-order valence-electron chi connectivity index (χ2n) is 7.94. The van der Waals surface area contributed by atoms with Gasteiger partial charge in [-0.25, -0.2) is 9.97 Å². The Balaban J connectivity index is 1.57. The molecular weight excluding hydrogens is 378 g/mol. The lowest BCUT2D eigenvalue weighted by atomic mass is 9.92. The Kier molecular flexibility index (Phi) is 5.92. The molecule has 0 saturated heterocycles. The molecule has 1 saturated carbocycles. The first-order valence-corrected chi connectivity index (χ1v) is 12.3. The molecule has 2 aliphatic rings. The molecule has 1 fully saturated rings. The third kappa shape index (κ3) is 3.97. The number of rotatable bonds is 6. The maximum atomic E-state index is 12.2. The van der Waals surface area contributed by atoms with E-state index in [-0.39, 0.29) is 6.10 Å². The maximum absolute atomic E-state index is 12.2. The summed E-state index contributed by atoms with van der Waals surface area (Å²) in [6.45, 7) is 2.00. The van der Waals surface area contributed by atoms with Crippen LogP contribution in [0.5, 0.6) is 5.88 Å². The van der Waals surface area contributed by atoms with Crippen LogP contribution in [0.2, 0.25) is 0 Å². The summed E-state index contributed by atoms with van der Waals surface area (Å²) in [4.78, 5) is 13.8. The minimum Gasteiger partial charge on any atom is -0.616 e. The fourth-order valence-electron chi connectivity index (χ4n) is 4.48. The Bertz CT molecular complexity index is 787. The zero-order valence-corrected chi connectivity index (χ0v) is 18.1. The fraction of sp³-hybridized carbons (Fsp3) is 0.700. The number of hydrogen-bond donors (Lipinski definition) is 0. The molecule has 148 valence electrons. The highest BCUT2D eigenvalue weighted by Gasteiger charge is 2.33. The van der Waals surface area contributed by atoms with Crippen LogP contribution in [0.4, 0.5) is 0 Å². The highest BCUT2D eigenvalue weighted by atomic mass is 32.2. The van der Waals surface area contributed by atoms with Crippen molar-refractivity contribution in [2.45, 2.75) is 63.5 Å². The Labute approximate surface area is 168 Å². The van der Waals surface area contributed by atoms with Crippen LogP contribution >= 0.6 is 11.3 Å². The van der Waals surface area contributed by atoms with Crippen molar-refractivity contribution >= 4 is 32.7 Å². The van der Waals surface area contributed by atoms with E-state index < -0.39 is 11.2 Å². The average molecular weight is 408 g/mol. The highest BCUT2D eigenvalue weighted by Crippen LogP contribution is 2.46. The molecular formula is C20H29N3O2S2. The number of aryl methyl sites for hydroxylation is 1. The quantitative estimate of drug-likeness (QED) is 0.683. The molecule has 0 N–H and O–H groups in total. The van der Waals surface area contributed by atoms with Crippen LogP contribution in [0.15, 0.2) is 6.33 Å². The molecule has 2 aromatic rings. The molecule has 4 rings (SSSR count). The lowest BCUT2D eigenvalue weighted by Crippen LogP contribution is -2.35. The van der Waals surface area contributed by atoms with Crippen LogP contribution in [-0.4, -0.2) is 57.2 Å². The Morgan fingerprint density at radius 1 is 1.22 bits per heavy atom. The molecule has 5 nitrogen and oxygen atoms in total. The lowest BCUT2D eigenvalue weighted by molar-refractivity contribution is 0.108. The SMILES string of the molecule is CC[S+]([O-])C[C@@H]1CCc2sc3ncnc(O[C@H]4CC[C@H](N(C)C)CC4)c3c21. The molecule has 0 spiro atoms. The summed E-state index contributed by atoms with van der Waals surface area (Å²) in [5.74, 6) is 2.58. The van der Waals surface area contributed by atoms with Crippen molar-refractivity contribution in [1.82, 2.24) is 14.9 Å². The zero-order valence-electron chi connectivity index (χ0n) is 16.4. The number of thiophene rings is 1. The molecule has 1 unspecified atom stereocenters. The Hall–Kier alpha value is -0.890. The van der Waals surface area contributed by atoms with Crippen LogP contribution in [-0.2, 0) is 17.6 Å². The lowest BCUT2D eigenvalue weighted by Gasteiger charge is -2.32. The first kappa shape index (κ1) is 19.4. The summed E-state index contributed by atoms with van der Waals surface area (Å²) in [5.41, 5.74) is 1.33. The van der Waals surface area contributed by atoms with Gasteiger partial charge in [-0.1, -0.05) is 11.2 Å². The molecule has 7 heteroatoms. The van der Waals surface area contributed by atoms with Gasteiger partial charge in [0.15, 0.2) is 0 Å². The van der Waals surface area contributed by atoms with E-state index in [0.717, 1.165) is 53.3 Å². The van der Waals surface area contributed by atoms with Crippen molar-refractivity contribution in [2.75, 3.05) is 25.6 Å². The summed E-state index contributed by atoms with van der Waals surface area (Å²) >= 11 is 1.01. The van der Waals surface area contributed by atoms with Gasteiger partial charge in [-0.05, 0) is 65.1 Å². The van der Waals surface area contributed by atoms with Crippen molar-refractivity contribution in [2.24, 2.45) is 0 Å². The average Bonchev–Trinajstić information content (AvgIpc) is 3.22. The predicted octanol–water partition coefficient (Wildman–Crippen LogP) is 3.74. The van der Waals surface area contributed by atoms with Gasteiger partial charge in [0.1, 0.15) is 28.8 Å². The highest BCUT2D eigenvalue weighted by molar-refractivity contribution is 7.91. The van der Waals surface area contributed by atoms with Crippen molar-refractivity contribution in [3.8, 4) is 5.88 Å². The third-order valence-corrected chi connectivity index (χ3v) is 8.65.